The van der Waals surface area contributed by atoms with Crippen LogP contribution in [-0.2, 0) is 12.8 Å². The second kappa shape index (κ2) is 5.67. The maximum atomic E-state index is 11.2. The molecule has 18 heavy (non-hydrogen) atoms. The van der Waals surface area contributed by atoms with Crippen molar-refractivity contribution in [2.24, 2.45) is 7.05 Å². The molecule has 2 heterocycles. The summed E-state index contributed by atoms with van der Waals surface area (Å²) in [6, 6.07) is 0. The SMILES string of the molecule is CCNc1cnc(CSc2n[nH]c(=O)n2C)cn1. The zero-order valence-corrected chi connectivity index (χ0v) is 11.0. The fourth-order valence-corrected chi connectivity index (χ4v) is 2.11. The number of anilines is 1. The van der Waals surface area contributed by atoms with Crippen LogP contribution in [0.1, 0.15) is 12.6 Å². The van der Waals surface area contributed by atoms with Gasteiger partial charge in [-0.05, 0) is 6.92 Å². The van der Waals surface area contributed by atoms with E-state index < -0.39 is 0 Å². The fourth-order valence-electron chi connectivity index (χ4n) is 1.30. The van der Waals surface area contributed by atoms with Crippen molar-refractivity contribution in [3.05, 3.63) is 28.6 Å². The van der Waals surface area contributed by atoms with Gasteiger partial charge in [0.05, 0.1) is 18.1 Å². The maximum Gasteiger partial charge on any atom is 0.343 e. The van der Waals surface area contributed by atoms with Crippen LogP contribution in [-0.4, -0.2) is 31.3 Å². The van der Waals surface area contributed by atoms with Crippen LogP contribution >= 0.6 is 11.8 Å². The van der Waals surface area contributed by atoms with Crippen molar-refractivity contribution in [1.82, 2.24) is 24.7 Å². The van der Waals surface area contributed by atoms with E-state index in [2.05, 4.69) is 25.5 Å². The monoisotopic (exact) mass is 266 g/mol. The molecule has 0 saturated heterocycles. The van der Waals surface area contributed by atoms with Crippen LogP contribution in [0.15, 0.2) is 22.3 Å². The molecule has 2 aromatic rings. The Bertz CT molecular complexity index is 560. The van der Waals surface area contributed by atoms with Crippen molar-refractivity contribution in [3.63, 3.8) is 0 Å². The summed E-state index contributed by atoms with van der Waals surface area (Å²) in [5.74, 6) is 1.38. The summed E-state index contributed by atoms with van der Waals surface area (Å²) in [7, 11) is 1.67. The van der Waals surface area contributed by atoms with Gasteiger partial charge in [-0.3, -0.25) is 9.55 Å². The molecule has 0 unspecified atom stereocenters. The second-order valence-corrected chi connectivity index (χ2v) is 4.52. The summed E-state index contributed by atoms with van der Waals surface area (Å²) in [4.78, 5) is 19.7. The summed E-state index contributed by atoms with van der Waals surface area (Å²) in [6.45, 7) is 2.82. The third-order valence-corrected chi connectivity index (χ3v) is 3.31. The molecule has 0 atom stereocenters. The Labute approximate surface area is 108 Å². The third kappa shape index (κ3) is 2.89. The molecule has 0 bridgehead atoms. The second-order valence-electron chi connectivity index (χ2n) is 3.58. The number of hydrogen-bond donors (Lipinski definition) is 2. The van der Waals surface area contributed by atoms with Gasteiger partial charge in [0.25, 0.3) is 0 Å². The Morgan fingerprint density at radius 2 is 2.28 bits per heavy atom. The van der Waals surface area contributed by atoms with E-state index in [9.17, 15) is 4.79 Å². The third-order valence-electron chi connectivity index (χ3n) is 2.25. The molecule has 7 nitrogen and oxygen atoms in total. The summed E-state index contributed by atoms with van der Waals surface area (Å²) in [5, 5.41) is 10.0. The van der Waals surface area contributed by atoms with E-state index in [-0.39, 0.29) is 5.69 Å². The van der Waals surface area contributed by atoms with E-state index >= 15 is 0 Å². The summed E-state index contributed by atoms with van der Waals surface area (Å²) in [5.41, 5.74) is 0.628. The molecule has 2 rings (SSSR count). The first-order valence-electron chi connectivity index (χ1n) is 5.49. The van der Waals surface area contributed by atoms with Gasteiger partial charge in [0.2, 0.25) is 0 Å². The summed E-state index contributed by atoms with van der Waals surface area (Å²) in [6.07, 6.45) is 3.42. The molecule has 0 saturated carbocycles. The van der Waals surface area contributed by atoms with Gasteiger partial charge in [-0.1, -0.05) is 11.8 Å². The number of hydrogen-bond acceptors (Lipinski definition) is 6. The van der Waals surface area contributed by atoms with Gasteiger partial charge in [0.15, 0.2) is 5.16 Å². The Morgan fingerprint density at radius 1 is 1.44 bits per heavy atom. The fraction of sp³-hybridized carbons (Fsp3) is 0.400. The number of rotatable bonds is 5. The molecule has 0 aliphatic rings. The minimum atomic E-state index is -0.217. The molecule has 0 aliphatic heterocycles. The van der Waals surface area contributed by atoms with E-state index in [0.717, 1.165) is 18.1 Å². The van der Waals surface area contributed by atoms with Gasteiger partial charge >= 0.3 is 5.69 Å². The van der Waals surface area contributed by atoms with Crippen LogP contribution in [0.3, 0.4) is 0 Å². The van der Waals surface area contributed by atoms with Gasteiger partial charge in [0.1, 0.15) is 5.82 Å². The topological polar surface area (TPSA) is 88.5 Å². The number of H-pyrrole nitrogens is 1. The van der Waals surface area contributed by atoms with Crippen LogP contribution in [0.5, 0.6) is 0 Å². The standard InChI is InChI=1S/C10H14N6OS/c1-3-11-8-5-12-7(4-13-8)6-18-10-15-14-9(17)16(10)2/h4-5H,3,6H2,1-2H3,(H,11,13)(H,14,17). The maximum absolute atomic E-state index is 11.2. The Kier molecular flexibility index (Phi) is 3.98. The van der Waals surface area contributed by atoms with E-state index in [1.54, 1.807) is 19.4 Å². The van der Waals surface area contributed by atoms with Gasteiger partial charge in [-0.25, -0.2) is 14.9 Å². The molecule has 2 N–H and O–H groups in total. The van der Waals surface area contributed by atoms with Crippen LogP contribution in [0.2, 0.25) is 0 Å². The zero-order valence-electron chi connectivity index (χ0n) is 10.2. The lowest BCUT2D eigenvalue weighted by Crippen LogP contribution is -2.12. The van der Waals surface area contributed by atoms with Crippen molar-refractivity contribution >= 4 is 17.6 Å². The molecule has 0 fully saturated rings. The highest BCUT2D eigenvalue weighted by molar-refractivity contribution is 7.98. The molecule has 2 aromatic heterocycles. The zero-order chi connectivity index (χ0) is 13.0. The molecular weight excluding hydrogens is 252 g/mol. The smallest absolute Gasteiger partial charge is 0.343 e. The van der Waals surface area contributed by atoms with Crippen molar-refractivity contribution in [3.8, 4) is 0 Å². The Morgan fingerprint density at radius 3 is 2.83 bits per heavy atom. The molecular formula is C10H14N6OS. The van der Waals surface area contributed by atoms with Gasteiger partial charge in [0, 0.05) is 19.3 Å². The molecule has 0 spiro atoms. The lowest BCUT2D eigenvalue weighted by Gasteiger charge is -2.03. The van der Waals surface area contributed by atoms with Crippen LogP contribution in [0, 0.1) is 0 Å². The average Bonchev–Trinajstić information content (AvgIpc) is 2.70. The minimum Gasteiger partial charge on any atom is -0.369 e. The Balaban J connectivity index is 1.98. The molecule has 0 aliphatic carbocycles. The van der Waals surface area contributed by atoms with Crippen LogP contribution in [0.25, 0.3) is 0 Å². The van der Waals surface area contributed by atoms with E-state index in [4.69, 9.17) is 0 Å². The quantitative estimate of drug-likeness (QED) is 0.771. The number of aromatic nitrogens is 5. The van der Waals surface area contributed by atoms with Crippen molar-refractivity contribution in [2.45, 2.75) is 17.8 Å². The van der Waals surface area contributed by atoms with Crippen LogP contribution < -0.4 is 11.0 Å². The number of nitrogens with zero attached hydrogens (tertiary/aromatic N) is 4. The van der Waals surface area contributed by atoms with E-state index in [1.165, 1.54) is 16.3 Å². The van der Waals surface area contributed by atoms with Crippen molar-refractivity contribution in [1.29, 1.82) is 0 Å². The predicted molar refractivity (Wildman–Crippen MR) is 69.6 cm³/mol. The molecule has 0 radical (unpaired) electrons. The first kappa shape index (κ1) is 12.6. The van der Waals surface area contributed by atoms with E-state index in [0.29, 0.717) is 10.9 Å². The molecule has 8 heteroatoms. The van der Waals surface area contributed by atoms with Gasteiger partial charge in [-0.15, -0.1) is 5.10 Å². The van der Waals surface area contributed by atoms with Crippen LogP contribution in [0.4, 0.5) is 5.82 Å². The first-order chi connectivity index (χ1) is 8.70. The molecule has 96 valence electrons. The minimum absolute atomic E-state index is 0.217. The molecule has 0 aromatic carbocycles. The van der Waals surface area contributed by atoms with Crippen molar-refractivity contribution in [2.75, 3.05) is 11.9 Å². The summed E-state index contributed by atoms with van der Waals surface area (Å²) >= 11 is 1.44. The Hall–Kier alpha value is -1.83. The lowest BCUT2D eigenvalue weighted by molar-refractivity contribution is 0.765. The highest BCUT2D eigenvalue weighted by atomic mass is 32.2. The largest absolute Gasteiger partial charge is 0.369 e. The number of nitrogens with one attached hydrogen (secondary N) is 2. The highest BCUT2D eigenvalue weighted by Gasteiger charge is 2.05. The van der Waals surface area contributed by atoms with Gasteiger partial charge < -0.3 is 5.32 Å². The lowest BCUT2D eigenvalue weighted by atomic mass is 10.5. The number of aromatic amines is 1. The van der Waals surface area contributed by atoms with Crippen molar-refractivity contribution < 1.29 is 0 Å². The number of thioether (sulfide) groups is 1. The van der Waals surface area contributed by atoms with E-state index in [1.807, 2.05) is 6.92 Å². The predicted octanol–water partition coefficient (Wildman–Crippen LogP) is 0.622. The summed E-state index contributed by atoms with van der Waals surface area (Å²) < 4.78 is 1.46. The normalized spacial score (nSPS) is 10.6. The molecule has 0 amide bonds. The first-order valence-corrected chi connectivity index (χ1v) is 6.48. The van der Waals surface area contributed by atoms with Gasteiger partial charge in [-0.2, -0.15) is 0 Å². The highest BCUT2D eigenvalue weighted by Crippen LogP contribution is 2.17. The average molecular weight is 266 g/mol.